The van der Waals surface area contributed by atoms with Crippen LogP contribution < -0.4 is 0 Å². The second kappa shape index (κ2) is 3.78. The van der Waals surface area contributed by atoms with Crippen molar-refractivity contribution in [1.82, 2.24) is 4.98 Å². The van der Waals surface area contributed by atoms with Crippen LogP contribution in [0.2, 0.25) is 0 Å². The maximum atomic E-state index is 10.9. The average molecular weight is 243 g/mol. The molecule has 1 aliphatic carbocycles. The third-order valence-corrected chi connectivity index (χ3v) is 3.65. The molecule has 0 aliphatic heterocycles. The average Bonchev–Trinajstić information content (AvgIpc) is 3.18. The van der Waals surface area contributed by atoms with Gasteiger partial charge in [0.15, 0.2) is 6.10 Å². The summed E-state index contributed by atoms with van der Waals surface area (Å²) in [6.45, 7) is 0. The monoisotopic (exact) mass is 243 g/mol. The molecule has 1 saturated carbocycles. The van der Waals surface area contributed by atoms with Crippen LogP contribution in [0.3, 0.4) is 0 Å². The highest BCUT2D eigenvalue weighted by Crippen LogP contribution is 2.50. The van der Waals surface area contributed by atoms with Crippen molar-refractivity contribution in [3.8, 4) is 0 Å². The first-order valence-corrected chi connectivity index (χ1v) is 5.91. The summed E-state index contributed by atoms with van der Waals surface area (Å²) in [5.74, 6) is -1.18. The van der Waals surface area contributed by atoms with Crippen molar-refractivity contribution >= 4 is 16.9 Å². The number of nitrogens with zero attached hydrogens (tertiary/aromatic N) is 1. The van der Waals surface area contributed by atoms with Crippen LogP contribution in [0.4, 0.5) is 0 Å². The van der Waals surface area contributed by atoms with Crippen LogP contribution in [0.5, 0.6) is 0 Å². The Kier molecular flexibility index (Phi) is 2.35. The smallest absolute Gasteiger partial charge is 0.333 e. The number of aliphatic hydroxyl groups is 1. The number of fused-ring (bicyclic) bond motifs is 1. The van der Waals surface area contributed by atoms with Gasteiger partial charge >= 0.3 is 5.97 Å². The standard InChI is InChI=1S/C14H13NO3/c16-12(13(17)18)14(7-8-14)11-6-5-9-3-1-2-4-10(9)15-11/h1-6,12,16H,7-8H2,(H,17,18). The van der Waals surface area contributed by atoms with Gasteiger partial charge in [0.05, 0.1) is 11.2 Å². The molecule has 1 atom stereocenters. The molecule has 4 heteroatoms. The fourth-order valence-electron chi connectivity index (χ4n) is 2.38. The van der Waals surface area contributed by atoms with E-state index in [1.807, 2.05) is 36.4 Å². The van der Waals surface area contributed by atoms with Crippen molar-refractivity contribution in [1.29, 1.82) is 0 Å². The number of aliphatic hydroxyl groups excluding tert-OH is 1. The van der Waals surface area contributed by atoms with Gasteiger partial charge in [-0.05, 0) is 25.0 Å². The Hall–Kier alpha value is -1.94. The summed E-state index contributed by atoms with van der Waals surface area (Å²) in [6, 6.07) is 11.4. The largest absolute Gasteiger partial charge is 0.479 e. The predicted molar refractivity (Wildman–Crippen MR) is 66.3 cm³/mol. The van der Waals surface area contributed by atoms with E-state index in [0.29, 0.717) is 18.5 Å². The normalized spacial score (nSPS) is 18.5. The highest BCUT2D eigenvalue weighted by molar-refractivity contribution is 5.80. The van der Waals surface area contributed by atoms with Gasteiger partial charge in [-0.15, -0.1) is 0 Å². The summed E-state index contributed by atoms with van der Waals surface area (Å²) in [5, 5.41) is 19.8. The number of carboxylic acid groups (broad SMARTS) is 1. The number of benzene rings is 1. The number of aromatic nitrogens is 1. The molecule has 1 aromatic carbocycles. The van der Waals surface area contributed by atoms with E-state index in [9.17, 15) is 9.90 Å². The number of carbonyl (C=O) groups is 1. The van der Waals surface area contributed by atoms with Crippen molar-refractivity contribution in [3.05, 3.63) is 42.1 Å². The molecular formula is C14H13NO3. The number of hydrogen-bond donors (Lipinski definition) is 2. The zero-order valence-corrected chi connectivity index (χ0v) is 9.71. The maximum absolute atomic E-state index is 10.9. The second-order valence-electron chi connectivity index (χ2n) is 4.79. The van der Waals surface area contributed by atoms with Crippen LogP contribution in [0, 0.1) is 0 Å². The van der Waals surface area contributed by atoms with Crippen molar-refractivity contribution in [2.75, 3.05) is 0 Å². The molecule has 2 aromatic rings. The zero-order chi connectivity index (χ0) is 12.8. The number of pyridine rings is 1. The second-order valence-corrected chi connectivity index (χ2v) is 4.79. The lowest BCUT2D eigenvalue weighted by Gasteiger charge is -2.18. The van der Waals surface area contributed by atoms with Crippen molar-refractivity contribution in [2.45, 2.75) is 24.4 Å². The van der Waals surface area contributed by atoms with E-state index >= 15 is 0 Å². The highest BCUT2D eigenvalue weighted by atomic mass is 16.4. The zero-order valence-electron chi connectivity index (χ0n) is 9.71. The molecule has 0 radical (unpaired) electrons. The van der Waals surface area contributed by atoms with Gasteiger partial charge < -0.3 is 10.2 Å². The molecular weight excluding hydrogens is 230 g/mol. The third-order valence-electron chi connectivity index (χ3n) is 3.65. The molecule has 4 nitrogen and oxygen atoms in total. The number of rotatable bonds is 3. The quantitative estimate of drug-likeness (QED) is 0.861. The molecule has 1 unspecified atom stereocenters. The third kappa shape index (κ3) is 1.57. The Labute approximate surface area is 104 Å². The van der Waals surface area contributed by atoms with Crippen LogP contribution in [0.25, 0.3) is 10.9 Å². The minimum atomic E-state index is -1.37. The SMILES string of the molecule is O=C(O)C(O)C1(c2ccc3ccccc3n2)CC1. The molecule has 1 heterocycles. The van der Waals surface area contributed by atoms with E-state index in [1.165, 1.54) is 0 Å². The molecule has 0 bridgehead atoms. The summed E-state index contributed by atoms with van der Waals surface area (Å²) in [6.07, 6.45) is -0.0244. The maximum Gasteiger partial charge on any atom is 0.333 e. The molecule has 92 valence electrons. The molecule has 1 aromatic heterocycles. The van der Waals surface area contributed by atoms with Gasteiger partial charge in [0.2, 0.25) is 0 Å². The predicted octanol–water partition coefficient (Wildman–Crippen LogP) is 1.71. The van der Waals surface area contributed by atoms with Crippen molar-refractivity contribution in [2.24, 2.45) is 0 Å². The fourth-order valence-corrected chi connectivity index (χ4v) is 2.38. The fraction of sp³-hybridized carbons (Fsp3) is 0.286. The summed E-state index contributed by atoms with van der Waals surface area (Å²) in [7, 11) is 0. The number of aliphatic carboxylic acids is 1. The van der Waals surface area contributed by atoms with Crippen LogP contribution in [-0.2, 0) is 10.2 Å². The first-order chi connectivity index (χ1) is 8.63. The van der Waals surface area contributed by atoms with E-state index in [-0.39, 0.29) is 0 Å². The van der Waals surface area contributed by atoms with Gasteiger partial charge in [0.1, 0.15) is 0 Å². The van der Waals surface area contributed by atoms with Crippen molar-refractivity contribution in [3.63, 3.8) is 0 Å². The van der Waals surface area contributed by atoms with Gasteiger partial charge in [-0.25, -0.2) is 4.79 Å². The van der Waals surface area contributed by atoms with Gasteiger partial charge in [0, 0.05) is 10.8 Å². The van der Waals surface area contributed by atoms with Crippen LogP contribution in [0.1, 0.15) is 18.5 Å². The Balaban J connectivity index is 2.07. The molecule has 3 rings (SSSR count). The van der Waals surface area contributed by atoms with E-state index < -0.39 is 17.5 Å². The molecule has 1 aliphatic rings. The van der Waals surface area contributed by atoms with E-state index in [1.54, 1.807) is 0 Å². The topological polar surface area (TPSA) is 70.4 Å². The van der Waals surface area contributed by atoms with E-state index in [0.717, 1.165) is 10.9 Å². The number of carboxylic acids is 1. The lowest BCUT2D eigenvalue weighted by Crippen LogP contribution is -2.34. The molecule has 1 fully saturated rings. The summed E-state index contributed by atoms with van der Waals surface area (Å²) in [5.41, 5.74) is 0.825. The Morgan fingerprint density at radius 2 is 1.94 bits per heavy atom. The summed E-state index contributed by atoms with van der Waals surface area (Å²) >= 11 is 0. The number of para-hydroxylation sites is 1. The Morgan fingerprint density at radius 3 is 2.61 bits per heavy atom. The van der Waals surface area contributed by atoms with Crippen LogP contribution in [0.15, 0.2) is 36.4 Å². The molecule has 0 saturated heterocycles. The molecule has 18 heavy (non-hydrogen) atoms. The first kappa shape index (κ1) is 11.2. The van der Waals surface area contributed by atoms with Gasteiger partial charge in [-0.3, -0.25) is 4.98 Å². The van der Waals surface area contributed by atoms with Crippen molar-refractivity contribution < 1.29 is 15.0 Å². The Bertz CT molecular complexity index is 619. The van der Waals surface area contributed by atoms with E-state index in [2.05, 4.69) is 4.98 Å². The lowest BCUT2D eigenvalue weighted by atomic mass is 9.94. The van der Waals surface area contributed by atoms with E-state index in [4.69, 9.17) is 5.11 Å². The lowest BCUT2D eigenvalue weighted by molar-refractivity contribution is -0.148. The molecule has 2 N–H and O–H groups in total. The Morgan fingerprint density at radius 1 is 1.22 bits per heavy atom. The molecule has 0 amide bonds. The minimum absolute atomic E-state index is 0.672. The van der Waals surface area contributed by atoms with Gasteiger partial charge in [-0.2, -0.15) is 0 Å². The van der Waals surface area contributed by atoms with Gasteiger partial charge in [0.25, 0.3) is 0 Å². The van der Waals surface area contributed by atoms with Crippen LogP contribution in [-0.4, -0.2) is 27.3 Å². The summed E-state index contributed by atoms with van der Waals surface area (Å²) < 4.78 is 0. The highest BCUT2D eigenvalue weighted by Gasteiger charge is 2.54. The van der Waals surface area contributed by atoms with Crippen LogP contribution >= 0.6 is 0 Å². The summed E-state index contributed by atoms with van der Waals surface area (Å²) in [4.78, 5) is 15.4. The first-order valence-electron chi connectivity index (χ1n) is 5.91. The van der Waals surface area contributed by atoms with Gasteiger partial charge in [-0.1, -0.05) is 24.3 Å². The minimum Gasteiger partial charge on any atom is -0.479 e. The molecule has 0 spiro atoms. The number of hydrogen-bond acceptors (Lipinski definition) is 3.